The lowest BCUT2D eigenvalue weighted by Gasteiger charge is -2.22. The molecule has 0 aliphatic carbocycles. The fraction of sp³-hybridized carbons (Fsp3) is 0.300. The van der Waals surface area contributed by atoms with Crippen molar-refractivity contribution in [2.45, 2.75) is 11.3 Å². The number of thioether (sulfide) groups is 1. The average Bonchev–Trinajstić information content (AvgIpc) is 3.06. The smallest absolute Gasteiger partial charge is 0.229 e. The van der Waals surface area contributed by atoms with Gasteiger partial charge in [0.15, 0.2) is 5.13 Å². The standard InChI is InChI=1S/C20H21BrClN3OS2.ClH/c1-24(2)10-11-25(20-23-17-8-3-14(21)13-18(17)28-20)19(26)9-12-27-16-6-4-15(22)5-7-16;/h3-8,13H,9-12H2,1-2H3;1H. The number of hydrogen-bond acceptors (Lipinski definition) is 5. The summed E-state index contributed by atoms with van der Waals surface area (Å²) in [6.07, 6.45) is 0.459. The van der Waals surface area contributed by atoms with Crippen LogP contribution in [0.5, 0.6) is 0 Å². The molecule has 156 valence electrons. The predicted octanol–water partition coefficient (Wildman–Crippen LogP) is 6.21. The Bertz CT molecular complexity index is 951. The van der Waals surface area contributed by atoms with Gasteiger partial charge in [-0.05, 0) is 56.6 Å². The number of amides is 1. The van der Waals surface area contributed by atoms with Crippen molar-refractivity contribution in [2.75, 3.05) is 37.8 Å². The third-order valence-corrected chi connectivity index (χ3v) is 6.84. The van der Waals surface area contributed by atoms with Crippen LogP contribution in [0.15, 0.2) is 51.8 Å². The second kappa shape index (κ2) is 11.5. The highest BCUT2D eigenvalue weighted by molar-refractivity contribution is 9.10. The van der Waals surface area contributed by atoms with Crippen molar-refractivity contribution < 1.29 is 4.79 Å². The Morgan fingerprint density at radius 1 is 1.17 bits per heavy atom. The molecule has 29 heavy (non-hydrogen) atoms. The molecule has 1 aromatic heterocycles. The van der Waals surface area contributed by atoms with E-state index in [-0.39, 0.29) is 18.3 Å². The van der Waals surface area contributed by atoms with Gasteiger partial charge in [-0.25, -0.2) is 4.98 Å². The minimum absolute atomic E-state index is 0. The third-order valence-electron chi connectivity index (χ3n) is 4.04. The highest BCUT2D eigenvalue weighted by atomic mass is 79.9. The number of hydrogen-bond donors (Lipinski definition) is 0. The second-order valence-electron chi connectivity index (χ2n) is 6.51. The Kier molecular flexibility index (Phi) is 9.72. The van der Waals surface area contributed by atoms with Crippen molar-refractivity contribution in [1.29, 1.82) is 0 Å². The lowest BCUT2D eigenvalue weighted by molar-refractivity contribution is -0.118. The maximum absolute atomic E-state index is 13.0. The molecule has 0 aliphatic heterocycles. The first-order chi connectivity index (χ1) is 13.4. The number of carbonyl (C=O) groups is 1. The second-order valence-corrected chi connectivity index (χ2v) is 10.0. The van der Waals surface area contributed by atoms with Gasteiger partial charge in [-0.15, -0.1) is 24.2 Å². The van der Waals surface area contributed by atoms with Gasteiger partial charge < -0.3 is 4.90 Å². The van der Waals surface area contributed by atoms with Crippen LogP contribution in [0.4, 0.5) is 5.13 Å². The zero-order chi connectivity index (χ0) is 20.1. The van der Waals surface area contributed by atoms with Crippen LogP contribution < -0.4 is 4.90 Å². The molecule has 0 saturated heterocycles. The Hall–Kier alpha value is -0.830. The zero-order valence-electron chi connectivity index (χ0n) is 16.1. The van der Waals surface area contributed by atoms with Crippen molar-refractivity contribution in [1.82, 2.24) is 9.88 Å². The first-order valence-electron chi connectivity index (χ1n) is 8.82. The topological polar surface area (TPSA) is 36.4 Å². The summed E-state index contributed by atoms with van der Waals surface area (Å²) in [6, 6.07) is 13.7. The van der Waals surface area contributed by atoms with Crippen LogP contribution in [0.1, 0.15) is 6.42 Å². The first-order valence-corrected chi connectivity index (χ1v) is 11.8. The van der Waals surface area contributed by atoms with E-state index in [4.69, 9.17) is 16.6 Å². The zero-order valence-corrected chi connectivity index (χ0v) is 20.9. The van der Waals surface area contributed by atoms with E-state index in [1.165, 1.54) is 0 Å². The number of nitrogens with zero attached hydrogens (tertiary/aromatic N) is 3. The molecule has 0 unspecified atom stereocenters. The van der Waals surface area contributed by atoms with Crippen molar-refractivity contribution in [3.8, 4) is 0 Å². The van der Waals surface area contributed by atoms with Gasteiger partial charge in [-0.1, -0.05) is 38.9 Å². The summed E-state index contributed by atoms with van der Waals surface area (Å²) < 4.78 is 2.09. The summed E-state index contributed by atoms with van der Waals surface area (Å²) in [5.41, 5.74) is 0.918. The van der Waals surface area contributed by atoms with Crippen molar-refractivity contribution in [3.63, 3.8) is 0 Å². The number of thiazole rings is 1. The summed E-state index contributed by atoms with van der Waals surface area (Å²) in [4.78, 5) is 22.7. The van der Waals surface area contributed by atoms with Gasteiger partial charge in [0.05, 0.1) is 10.2 Å². The highest BCUT2D eigenvalue weighted by Gasteiger charge is 2.19. The van der Waals surface area contributed by atoms with Gasteiger partial charge in [0.1, 0.15) is 0 Å². The quantitative estimate of drug-likeness (QED) is 0.322. The number of likely N-dealkylation sites (N-methyl/N-ethyl adjacent to an activating group) is 1. The van der Waals surface area contributed by atoms with Crippen LogP contribution in [0, 0.1) is 0 Å². The van der Waals surface area contributed by atoms with E-state index in [1.807, 2.05) is 61.5 Å². The van der Waals surface area contributed by atoms with Crippen molar-refractivity contribution >= 4 is 84.3 Å². The Morgan fingerprint density at radius 3 is 2.59 bits per heavy atom. The first kappa shape index (κ1) is 24.4. The molecular formula is C20H22BrCl2N3OS2. The van der Waals surface area contributed by atoms with Gasteiger partial charge in [0, 0.05) is 39.7 Å². The molecular weight excluding hydrogens is 513 g/mol. The fourth-order valence-corrected chi connectivity index (χ4v) is 5.08. The molecule has 2 aromatic carbocycles. The molecule has 0 radical (unpaired) electrons. The summed E-state index contributed by atoms with van der Waals surface area (Å²) in [5.74, 6) is 0.816. The van der Waals surface area contributed by atoms with Gasteiger partial charge >= 0.3 is 0 Å². The van der Waals surface area contributed by atoms with Crippen LogP contribution >= 0.6 is 63.0 Å². The molecule has 0 fully saturated rings. The molecule has 1 amide bonds. The third kappa shape index (κ3) is 7.12. The Labute approximate surface area is 199 Å². The Morgan fingerprint density at radius 2 is 1.90 bits per heavy atom. The van der Waals surface area contributed by atoms with Gasteiger partial charge in [0.2, 0.25) is 5.91 Å². The molecule has 9 heteroatoms. The van der Waals surface area contributed by atoms with Crippen LogP contribution in [0.25, 0.3) is 10.2 Å². The van der Waals surface area contributed by atoms with E-state index in [0.717, 1.165) is 42.0 Å². The average molecular weight is 535 g/mol. The van der Waals surface area contributed by atoms with Crippen LogP contribution in [-0.2, 0) is 4.79 Å². The van der Waals surface area contributed by atoms with Crippen molar-refractivity contribution in [2.24, 2.45) is 0 Å². The van der Waals surface area contributed by atoms with E-state index >= 15 is 0 Å². The maximum atomic E-state index is 13.0. The van der Waals surface area contributed by atoms with E-state index in [9.17, 15) is 4.79 Å². The lowest BCUT2D eigenvalue weighted by atomic mass is 10.3. The molecule has 0 aliphatic rings. The number of fused-ring (bicyclic) bond motifs is 1. The van der Waals surface area contributed by atoms with Gasteiger partial charge in [-0.2, -0.15) is 0 Å². The summed E-state index contributed by atoms with van der Waals surface area (Å²) in [6.45, 7) is 1.41. The largest absolute Gasteiger partial charge is 0.308 e. The number of carbonyl (C=O) groups excluding carboxylic acids is 1. The molecule has 0 N–H and O–H groups in total. The normalized spacial score (nSPS) is 10.9. The summed E-state index contributed by atoms with van der Waals surface area (Å²) in [5, 5.41) is 1.48. The molecule has 3 rings (SSSR count). The molecule has 0 bridgehead atoms. The number of anilines is 1. The minimum atomic E-state index is 0. The highest BCUT2D eigenvalue weighted by Crippen LogP contribution is 2.31. The summed E-state index contributed by atoms with van der Waals surface area (Å²) >= 11 is 12.6. The maximum Gasteiger partial charge on any atom is 0.229 e. The number of halogens is 3. The lowest BCUT2D eigenvalue weighted by Crippen LogP contribution is -2.36. The number of benzene rings is 2. The predicted molar refractivity (Wildman–Crippen MR) is 132 cm³/mol. The van der Waals surface area contributed by atoms with E-state index < -0.39 is 0 Å². The summed E-state index contributed by atoms with van der Waals surface area (Å²) in [7, 11) is 4.02. The van der Waals surface area contributed by atoms with Crippen LogP contribution in [0.3, 0.4) is 0 Å². The van der Waals surface area contributed by atoms with E-state index in [1.54, 1.807) is 23.1 Å². The van der Waals surface area contributed by atoms with E-state index in [2.05, 4.69) is 20.8 Å². The molecule has 0 saturated carbocycles. The van der Waals surface area contributed by atoms with Crippen molar-refractivity contribution in [3.05, 3.63) is 52.0 Å². The molecule has 4 nitrogen and oxygen atoms in total. The monoisotopic (exact) mass is 533 g/mol. The number of aromatic nitrogens is 1. The SMILES string of the molecule is CN(C)CCN(C(=O)CCSc1ccc(Cl)cc1)c1nc2ccc(Br)cc2s1.Cl. The Balaban J connectivity index is 0.00000300. The van der Waals surface area contributed by atoms with Crippen LogP contribution in [0.2, 0.25) is 5.02 Å². The fourth-order valence-electron chi connectivity index (χ4n) is 2.55. The minimum Gasteiger partial charge on any atom is -0.308 e. The molecule has 3 aromatic rings. The molecule has 0 atom stereocenters. The van der Waals surface area contributed by atoms with Crippen LogP contribution in [-0.4, -0.2) is 48.7 Å². The van der Waals surface area contributed by atoms with E-state index in [0.29, 0.717) is 13.0 Å². The van der Waals surface area contributed by atoms with Gasteiger partial charge in [0.25, 0.3) is 0 Å². The molecule has 0 spiro atoms. The molecule has 1 heterocycles. The van der Waals surface area contributed by atoms with Gasteiger partial charge in [-0.3, -0.25) is 9.69 Å². The number of rotatable bonds is 8.